The van der Waals surface area contributed by atoms with Gasteiger partial charge in [-0.2, -0.15) is 10.1 Å². The third kappa shape index (κ3) is 3.62. The summed E-state index contributed by atoms with van der Waals surface area (Å²) in [4.78, 5) is 36.6. The number of hydrogen-bond donors (Lipinski definition) is 0. The lowest BCUT2D eigenvalue weighted by atomic mass is 9.63. The predicted octanol–water partition coefficient (Wildman–Crippen LogP) is 4.33. The summed E-state index contributed by atoms with van der Waals surface area (Å²) < 4.78 is 12.0. The molecular weight excluding hydrogens is 530 g/mol. The van der Waals surface area contributed by atoms with Gasteiger partial charge in [-0.05, 0) is 81.4 Å². The number of halogens is 1. The Balaban J connectivity index is 1.18. The summed E-state index contributed by atoms with van der Waals surface area (Å²) in [5, 5.41) is 16.2. The van der Waals surface area contributed by atoms with E-state index in [0.29, 0.717) is 33.4 Å². The molecule has 0 aromatic heterocycles. The summed E-state index contributed by atoms with van der Waals surface area (Å²) in [7, 11) is 1.51. The average Bonchev–Trinajstić information content (AvgIpc) is 3.66. The molecule has 184 valence electrons. The van der Waals surface area contributed by atoms with Crippen LogP contribution in [0, 0.1) is 45.6 Å². The minimum atomic E-state index is -0.453. The lowest BCUT2D eigenvalue weighted by Crippen LogP contribution is -2.40. The Labute approximate surface area is 215 Å². The highest BCUT2D eigenvalue weighted by Crippen LogP contribution is 2.65. The highest BCUT2D eigenvalue weighted by molar-refractivity contribution is 9.10. The van der Waals surface area contributed by atoms with Gasteiger partial charge < -0.3 is 9.47 Å². The average molecular weight is 552 g/mol. The normalized spacial score (nSPS) is 29.4. The van der Waals surface area contributed by atoms with Gasteiger partial charge in [0.1, 0.15) is 6.61 Å². The molecule has 0 unspecified atom stereocenters. The molecule has 2 aromatic carbocycles. The Hall–Kier alpha value is -3.53. The van der Waals surface area contributed by atoms with Crippen LogP contribution in [-0.4, -0.2) is 35.1 Å². The molecule has 1 heterocycles. The van der Waals surface area contributed by atoms with Gasteiger partial charge in [0.2, 0.25) is 0 Å². The Morgan fingerprint density at radius 1 is 1.11 bits per heavy atom. The molecule has 36 heavy (non-hydrogen) atoms. The van der Waals surface area contributed by atoms with Crippen molar-refractivity contribution in [3.63, 3.8) is 0 Å². The smallest absolute Gasteiger partial charge is 0.269 e. The molecule has 7 rings (SSSR count). The molecule has 0 radical (unpaired) electrons. The first-order valence-corrected chi connectivity index (χ1v) is 12.5. The van der Waals surface area contributed by atoms with Gasteiger partial charge in [0.15, 0.2) is 11.5 Å². The van der Waals surface area contributed by atoms with Crippen LogP contribution in [0.1, 0.15) is 17.5 Å². The number of carbonyl (C=O) groups is 2. The number of carbonyl (C=O) groups excluding carboxylic acids is 2. The molecule has 2 saturated carbocycles. The van der Waals surface area contributed by atoms with Gasteiger partial charge in [-0.25, -0.2) is 0 Å². The zero-order valence-electron chi connectivity index (χ0n) is 19.2. The number of nitro groups is 1. The molecular formula is C26H22BrN3O6. The number of hydrazone groups is 1. The zero-order valence-corrected chi connectivity index (χ0v) is 20.8. The van der Waals surface area contributed by atoms with E-state index in [9.17, 15) is 19.7 Å². The van der Waals surface area contributed by atoms with Gasteiger partial charge in [0.25, 0.3) is 17.5 Å². The third-order valence-electron chi connectivity index (χ3n) is 7.74. The van der Waals surface area contributed by atoms with E-state index in [0.717, 1.165) is 17.0 Å². The Morgan fingerprint density at radius 3 is 2.33 bits per heavy atom. The fourth-order valence-corrected chi connectivity index (χ4v) is 6.58. The van der Waals surface area contributed by atoms with Crippen molar-refractivity contribution in [1.29, 1.82) is 0 Å². The number of nitro benzene ring substituents is 1. The lowest BCUT2D eigenvalue weighted by Gasteiger charge is -2.37. The molecule has 2 bridgehead atoms. The standard InChI is InChI=1S/C26H22BrN3O6/c1-35-21-9-14(8-20(27)24(21)36-12-13-2-4-15(5-3-13)30(33)34)11-28-29-25(31)22-16-6-7-17(19-10-18(16)19)23(22)26(29)32/h2-9,11,16-19,22-23H,10,12H2,1H3/b28-11-/t16-,17-,18-,19+,22+,23-/m1/s1. The van der Waals surface area contributed by atoms with Crippen LogP contribution in [0.2, 0.25) is 0 Å². The van der Waals surface area contributed by atoms with Crippen molar-refractivity contribution in [3.8, 4) is 11.5 Å². The number of rotatable bonds is 7. The number of ether oxygens (including phenoxy) is 2. The second kappa shape index (κ2) is 8.55. The van der Waals surface area contributed by atoms with Crippen LogP contribution in [0.25, 0.3) is 0 Å². The maximum absolute atomic E-state index is 13.1. The van der Waals surface area contributed by atoms with Crippen LogP contribution in [0.4, 0.5) is 5.69 Å². The molecule has 1 aliphatic heterocycles. The molecule has 0 spiro atoms. The van der Waals surface area contributed by atoms with Gasteiger partial charge in [-0.1, -0.05) is 12.2 Å². The van der Waals surface area contributed by atoms with Gasteiger partial charge in [0, 0.05) is 12.1 Å². The Morgan fingerprint density at radius 2 is 1.75 bits per heavy atom. The van der Waals surface area contributed by atoms with Crippen LogP contribution < -0.4 is 9.47 Å². The summed E-state index contributed by atoms with van der Waals surface area (Å²) in [6, 6.07) is 9.57. The minimum absolute atomic E-state index is 0.0103. The molecule has 4 aliphatic carbocycles. The SMILES string of the molecule is COc1cc(/C=N\N2C(=O)[C@@H]3[C@@H]4C=C[C@H]([C@H]5C[C@@H]45)[C@@H]3C2=O)cc(Br)c1OCc1ccc([N+](=O)[O-])cc1. The van der Waals surface area contributed by atoms with Gasteiger partial charge in [-0.15, -0.1) is 0 Å². The molecule has 10 heteroatoms. The summed E-state index contributed by atoms with van der Waals surface area (Å²) >= 11 is 3.49. The van der Waals surface area contributed by atoms with E-state index in [2.05, 4.69) is 33.2 Å². The second-order valence-corrected chi connectivity index (χ2v) is 10.5. The van der Waals surface area contributed by atoms with Crippen molar-refractivity contribution in [2.75, 3.05) is 7.11 Å². The first-order valence-electron chi connectivity index (χ1n) is 11.7. The van der Waals surface area contributed by atoms with E-state index in [1.54, 1.807) is 24.3 Å². The summed E-state index contributed by atoms with van der Waals surface area (Å²) in [5.74, 6) is 1.29. The van der Waals surface area contributed by atoms with E-state index < -0.39 is 4.92 Å². The molecule has 9 nitrogen and oxygen atoms in total. The second-order valence-electron chi connectivity index (χ2n) is 9.63. The molecule has 2 aromatic rings. The summed E-state index contributed by atoms with van der Waals surface area (Å²) in [5.41, 5.74) is 1.39. The van der Waals surface area contributed by atoms with Crippen LogP contribution in [0.5, 0.6) is 11.5 Å². The Bertz CT molecular complexity index is 1300. The maximum Gasteiger partial charge on any atom is 0.269 e. The van der Waals surface area contributed by atoms with Crippen molar-refractivity contribution in [3.05, 3.63) is 74.3 Å². The lowest BCUT2D eigenvalue weighted by molar-refractivity contribution is -0.384. The number of imide groups is 1. The van der Waals surface area contributed by atoms with Crippen molar-refractivity contribution in [2.45, 2.75) is 13.0 Å². The van der Waals surface area contributed by atoms with Crippen LogP contribution >= 0.6 is 15.9 Å². The van der Waals surface area contributed by atoms with Crippen molar-refractivity contribution < 1.29 is 24.0 Å². The van der Waals surface area contributed by atoms with E-state index in [1.165, 1.54) is 25.5 Å². The van der Waals surface area contributed by atoms with E-state index in [4.69, 9.17) is 9.47 Å². The predicted molar refractivity (Wildman–Crippen MR) is 132 cm³/mol. The van der Waals surface area contributed by atoms with Crippen molar-refractivity contribution in [1.82, 2.24) is 5.01 Å². The zero-order chi connectivity index (χ0) is 25.1. The minimum Gasteiger partial charge on any atom is -0.493 e. The molecule has 5 aliphatic rings. The molecule has 6 atom stereocenters. The van der Waals surface area contributed by atoms with Crippen LogP contribution in [0.15, 0.2) is 58.1 Å². The monoisotopic (exact) mass is 551 g/mol. The number of hydrogen-bond acceptors (Lipinski definition) is 7. The number of methoxy groups -OCH3 is 1. The van der Waals surface area contributed by atoms with E-state index >= 15 is 0 Å². The number of benzene rings is 2. The number of nitrogens with zero attached hydrogens (tertiary/aromatic N) is 3. The number of non-ortho nitro benzene ring substituents is 1. The highest BCUT2D eigenvalue weighted by Gasteiger charge is 2.67. The first-order chi connectivity index (χ1) is 17.4. The van der Waals surface area contributed by atoms with Crippen LogP contribution in [0.3, 0.4) is 0 Å². The van der Waals surface area contributed by atoms with Gasteiger partial charge in [-0.3, -0.25) is 19.7 Å². The van der Waals surface area contributed by atoms with Crippen molar-refractivity contribution in [2.24, 2.45) is 40.6 Å². The topological polar surface area (TPSA) is 111 Å². The number of allylic oxidation sites excluding steroid dienone is 2. The van der Waals surface area contributed by atoms with E-state index in [1.807, 2.05) is 0 Å². The summed E-state index contributed by atoms with van der Waals surface area (Å²) in [6.07, 6.45) is 6.87. The third-order valence-corrected chi connectivity index (χ3v) is 8.33. The molecule has 3 fully saturated rings. The quantitative estimate of drug-likeness (QED) is 0.166. The largest absolute Gasteiger partial charge is 0.493 e. The van der Waals surface area contributed by atoms with Gasteiger partial charge >= 0.3 is 0 Å². The molecule has 2 amide bonds. The first kappa shape index (κ1) is 22.9. The van der Waals surface area contributed by atoms with Crippen LogP contribution in [-0.2, 0) is 16.2 Å². The number of amides is 2. The fraction of sp³-hybridized carbons (Fsp3) is 0.346. The van der Waals surface area contributed by atoms with Crippen molar-refractivity contribution >= 4 is 39.6 Å². The van der Waals surface area contributed by atoms with Gasteiger partial charge in [0.05, 0.1) is 34.6 Å². The Kier molecular flexibility index (Phi) is 5.44. The molecule has 0 N–H and O–H groups in total. The molecule has 1 saturated heterocycles. The fourth-order valence-electron chi connectivity index (χ4n) is 6.00. The maximum atomic E-state index is 13.1. The van der Waals surface area contributed by atoms with E-state index in [-0.39, 0.29) is 47.8 Å². The highest BCUT2D eigenvalue weighted by atomic mass is 79.9. The summed E-state index contributed by atoms with van der Waals surface area (Å²) in [6.45, 7) is 0.179.